The van der Waals surface area contributed by atoms with Gasteiger partial charge in [0.1, 0.15) is 5.75 Å². The molecule has 1 aromatic carbocycles. The molecule has 2 N–H and O–H groups in total. The fourth-order valence-electron chi connectivity index (χ4n) is 1.40. The standard InChI is InChI=1S/C13H17F3N2O2/c1-12(2,8-17)18(3)11(19)9-4-6-10(7-5-9)20-13(14,15)16/h4-7H,8,17H2,1-3H3. The summed E-state index contributed by atoms with van der Waals surface area (Å²) in [5, 5.41) is 0. The minimum Gasteiger partial charge on any atom is -0.406 e. The largest absolute Gasteiger partial charge is 0.573 e. The first-order valence-electron chi connectivity index (χ1n) is 5.91. The summed E-state index contributed by atoms with van der Waals surface area (Å²) in [4.78, 5) is 13.6. The van der Waals surface area contributed by atoms with Gasteiger partial charge in [-0.15, -0.1) is 13.2 Å². The molecule has 4 nitrogen and oxygen atoms in total. The van der Waals surface area contributed by atoms with Gasteiger partial charge in [-0.2, -0.15) is 0 Å². The van der Waals surface area contributed by atoms with E-state index in [1.165, 1.54) is 17.0 Å². The third-order valence-corrected chi connectivity index (χ3v) is 3.05. The van der Waals surface area contributed by atoms with Gasteiger partial charge in [-0.25, -0.2) is 0 Å². The zero-order valence-corrected chi connectivity index (χ0v) is 11.5. The summed E-state index contributed by atoms with van der Waals surface area (Å²) in [6, 6.07) is 4.77. The molecule has 0 saturated heterocycles. The molecule has 0 atom stereocenters. The van der Waals surface area contributed by atoms with Crippen molar-refractivity contribution in [2.24, 2.45) is 5.73 Å². The highest BCUT2D eigenvalue weighted by Gasteiger charge is 2.31. The quantitative estimate of drug-likeness (QED) is 0.926. The van der Waals surface area contributed by atoms with E-state index in [1.54, 1.807) is 20.9 Å². The highest BCUT2D eigenvalue weighted by Crippen LogP contribution is 2.23. The molecule has 7 heteroatoms. The molecule has 0 saturated carbocycles. The summed E-state index contributed by atoms with van der Waals surface area (Å²) in [7, 11) is 1.59. The van der Waals surface area contributed by atoms with Crippen LogP contribution >= 0.6 is 0 Å². The van der Waals surface area contributed by atoms with Crippen LogP contribution in [0.5, 0.6) is 5.75 Å². The fourth-order valence-corrected chi connectivity index (χ4v) is 1.40. The van der Waals surface area contributed by atoms with Crippen molar-refractivity contribution in [3.63, 3.8) is 0 Å². The molecule has 0 radical (unpaired) electrons. The minimum absolute atomic E-state index is 0.267. The van der Waals surface area contributed by atoms with E-state index in [1.807, 2.05) is 0 Å². The molecule has 0 aliphatic rings. The van der Waals surface area contributed by atoms with Crippen LogP contribution in [-0.2, 0) is 0 Å². The lowest BCUT2D eigenvalue weighted by atomic mass is 10.0. The van der Waals surface area contributed by atoms with Gasteiger partial charge in [-0.3, -0.25) is 4.79 Å². The van der Waals surface area contributed by atoms with Crippen LogP contribution in [0.25, 0.3) is 0 Å². The molecule has 0 heterocycles. The van der Waals surface area contributed by atoms with Gasteiger partial charge in [0.15, 0.2) is 0 Å². The van der Waals surface area contributed by atoms with Gasteiger partial charge < -0.3 is 15.4 Å². The number of ether oxygens (including phenoxy) is 1. The summed E-state index contributed by atoms with van der Waals surface area (Å²) < 4.78 is 39.8. The van der Waals surface area contributed by atoms with E-state index in [2.05, 4.69) is 4.74 Å². The zero-order chi connectivity index (χ0) is 15.6. The molecule has 0 aliphatic carbocycles. The number of rotatable bonds is 4. The van der Waals surface area contributed by atoms with Gasteiger partial charge in [0.25, 0.3) is 5.91 Å². The van der Waals surface area contributed by atoms with E-state index in [-0.39, 0.29) is 23.8 Å². The van der Waals surface area contributed by atoms with Crippen molar-refractivity contribution < 1.29 is 22.7 Å². The first-order valence-corrected chi connectivity index (χ1v) is 5.91. The Morgan fingerprint density at radius 2 is 1.75 bits per heavy atom. The van der Waals surface area contributed by atoms with Crippen molar-refractivity contribution in [2.75, 3.05) is 13.6 Å². The number of hydrogen-bond donors (Lipinski definition) is 1. The van der Waals surface area contributed by atoms with Gasteiger partial charge in [0, 0.05) is 24.7 Å². The first-order chi connectivity index (χ1) is 9.07. The number of likely N-dealkylation sites (N-methyl/N-ethyl adjacent to an activating group) is 1. The molecular formula is C13H17F3N2O2. The Balaban J connectivity index is 2.86. The summed E-state index contributed by atoms with van der Waals surface area (Å²) >= 11 is 0. The summed E-state index contributed by atoms with van der Waals surface area (Å²) in [6.07, 6.45) is -4.75. The Hall–Kier alpha value is -1.76. The Morgan fingerprint density at radius 3 is 2.15 bits per heavy atom. The molecule has 0 aromatic heterocycles. The molecule has 1 aromatic rings. The number of nitrogens with zero attached hydrogens (tertiary/aromatic N) is 1. The molecule has 1 rings (SSSR count). The third-order valence-electron chi connectivity index (χ3n) is 3.05. The molecule has 112 valence electrons. The van der Waals surface area contributed by atoms with Crippen LogP contribution in [0.3, 0.4) is 0 Å². The van der Waals surface area contributed by atoms with Crippen LogP contribution in [0, 0.1) is 0 Å². The summed E-state index contributed by atoms with van der Waals surface area (Å²) in [6.45, 7) is 3.86. The predicted molar refractivity (Wildman–Crippen MR) is 68.4 cm³/mol. The molecule has 0 spiro atoms. The SMILES string of the molecule is CN(C(=O)c1ccc(OC(F)(F)F)cc1)C(C)(C)CN. The number of benzene rings is 1. The van der Waals surface area contributed by atoms with E-state index < -0.39 is 11.9 Å². The number of nitrogens with two attached hydrogens (primary N) is 1. The molecule has 20 heavy (non-hydrogen) atoms. The Kier molecular flexibility index (Phi) is 4.65. The van der Waals surface area contributed by atoms with Crippen LogP contribution in [-0.4, -0.2) is 36.3 Å². The van der Waals surface area contributed by atoms with E-state index >= 15 is 0 Å². The Bertz CT molecular complexity index is 469. The number of hydrogen-bond acceptors (Lipinski definition) is 3. The van der Waals surface area contributed by atoms with Gasteiger partial charge in [0.2, 0.25) is 0 Å². The molecule has 0 bridgehead atoms. The van der Waals surface area contributed by atoms with Crippen molar-refractivity contribution in [2.45, 2.75) is 25.7 Å². The van der Waals surface area contributed by atoms with Gasteiger partial charge in [0.05, 0.1) is 0 Å². The van der Waals surface area contributed by atoms with Gasteiger partial charge >= 0.3 is 6.36 Å². The highest BCUT2D eigenvalue weighted by molar-refractivity contribution is 5.94. The van der Waals surface area contributed by atoms with Crippen molar-refractivity contribution >= 4 is 5.91 Å². The smallest absolute Gasteiger partial charge is 0.406 e. The average Bonchev–Trinajstić information content (AvgIpc) is 2.36. The highest BCUT2D eigenvalue weighted by atomic mass is 19.4. The van der Waals surface area contributed by atoms with Crippen molar-refractivity contribution in [1.29, 1.82) is 0 Å². The number of alkyl halides is 3. The minimum atomic E-state index is -4.75. The molecule has 0 unspecified atom stereocenters. The Morgan fingerprint density at radius 1 is 1.25 bits per heavy atom. The number of carbonyl (C=O) groups excluding carboxylic acids is 1. The van der Waals surface area contributed by atoms with Crippen LogP contribution in [0.4, 0.5) is 13.2 Å². The summed E-state index contributed by atoms with van der Waals surface area (Å²) in [5.74, 6) is -0.686. The third kappa shape index (κ3) is 4.12. The van der Waals surface area contributed by atoms with Crippen LogP contribution in [0.15, 0.2) is 24.3 Å². The van der Waals surface area contributed by atoms with E-state index in [4.69, 9.17) is 5.73 Å². The van der Waals surface area contributed by atoms with E-state index in [9.17, 15) is 18.0 Å². The first kappa shape index (κ1) is 16.3. The summed E-state index contributed by atoms with van der Waals surface area (Å²) in [5.41, 5.74) is 5.30. The average molecular weight is 290 g/mol. The monoisotopic (exact) mass is 290 g/mol. The van der Waals surface area contributed by atoms with Gasteiger partial charge in [-0.05, 0) is 38.1 Å². The zero-order valence-electron chi connectivity index (χ0n) is 11.5. The predicted octanol–water partition coefficient (Wildman–Crippen LogP) is 2.39. The van der Waals surface area contributed by atoms with E-state index in [0.29, 0.717) is 0 Å². The van der Waals surface area contributed by atoms with Crippen molar-refractivity contribution in [3.05, 3.63) is 29.8 Å². The lowest BCUT2D eigenvalue weighted by Crippen LogP contribution is -2.50. The van der Waals surface area contributed by atoms with E-state index in [0.717, 1.165) is 12.1 Å². The lowest BCUT2D eigenvalue weighted by Gasteiger charge is -2.34. The van der Waals surface area contributed by atoms with Crippen molar-refractivity contribution in [3.8, 4) is 5.75 Å². The maximum Gasteiger partial charge on any atom is 0.573 e. The molecule has 0 fully saturated rings. The lowest BCUT2D eigenvalue weighted by molar-refractivity contribution is -0.274. The molecular weight excluding hydrogens is 273 g/mol. The normalized spacial score (nSPS) is 12.2. The number of halogens is 3. The fraction of sp³-hybridized carbons (Fsp3) is 0.462. The van der Waals surface area contributed by atoms with Crippen LogP contribution in [0.1, 0.15) is 24.2 Å². The molecule has 1 amide bonds. The Labute approximate surface area is 115 Å². The van der Waals surface area contributed by atoms with Gasteiger partial charge in [-0.1, -0.05) is 0 Å². The number of carbonyl (C=O) groups is 1. The van der Waals surface area contributed by atoms with Crippen LogP contribution in [0.2, 0.25) is 0 Å². The topological polar surface area (TPSA) is 55.6 Å². The van der Waals surface area contributed by atoms with Crippen molar-refractivity contribution in [1.82, 2.24) is 4.90 Å². The second-order valence-electron chi connectivity index (χ2n) is 4.95. The maximum atomic E-state index is 12.2. The van der Waals surface area contributed by atoms with Crippen LogP contribution < -0.4 is 10.5 Å². The molecule has 0 aliphatic heterocycles. The maximum absolute atomic E-state index is 12.2. The second-order valence-corrected chi connectivity index (χ2v) is 4.95. The number of amides is 1. The second kappa shape index (κ2) is 5.70.